The lowest BCUT2D eigenvalue weighted by Gasteiger charge is -2.17. The van der Waals surface area contributed by atoms with Crippen LogP contribution in [0.5, 0.6) is 5.75 Å². The van der Waals surface area contributed by atoms with Crippen molar-refractivity contribution < 1.29 is 38.0 Å². The summed E-state index contributed by atoms with van der Waals surface area (Å²) in [4.78, 5) is 24.0. The lowest BCUT2D eigenvalue weighted by Crippen LogP contribution is -2.28. The first-order valence-electron chi connectivity index (χ1n) is 14.6. The molecule has 1 atom stereocenters. The van der Waals surface area contributed by atoms with Gasteiger partial charge in [0, 0.05) is 30.9 Å². The zero-order valence-electron chi connectivity index (χ0n) is 26.3. The van der Waals surface area contributed by atoms with Crippen molar-refractivity contribution >= 4 is 39.1 Å². The summed E-state index contributed by atoms with van der Waals surface area (Å²) in [6.45, 7) is 12.5. The molecule has 0 fully saturated rings. The van der Waals surface area contributed by atoms with Crippen LogP contribution in [0, 0.1) is 5.92 Å². The Hall–Kier alpha value is -1.84. The van der Waals surface area contributed by atoms with Crippen LogP contribution in [-0.2, 0) is 33.3 Å². The number of allylic oxidation sites excluding steroid dienone is 1. The predicted molar refractivity (Wildman–Crippen MR) is 175 cm³/mol. The second-order valence-corrected chi connectivity index (χ2v) is 12.5. The molecule has 246 valence electrons. The smallest absolute Gasteiger partial charge is 0.246 e. The second kappa shape index (κ2) is 26.6. The fourth-order valence-electron chi connectivity index (χ4n) is 3.20. The number of benzene rings is 1. The van der Waals surface area contributed by atoms with Crippen molar-refractivity contribution in [2.75, 3.05) is 84.3 Å². The Balaban J connectivity index is 2.19. The summed E-state index contributed by atoms with van der Waals surface area (Å²) in [5, 5.41) is 8.91. The molecular formula is C30H51N3O8S2. The summed E-state index contributed by atoms with van der Waals surface area (Å²) in [7, 11) is 3.08. The number of hydrogen-bond acceptors (Lipinski definition) is 11. The highest BCUT2D eigenvalue weighted by molar-refractivity contribution is 8.76. The maximum absolute atomic E-state index is 12.3. The van der Waals surface area contributed by atoms with E-state index in [9.17, 15) is 9.59 Å². The molecule has 0 heterocycles. The number of rotatable bonds is 27. The largest absolute Gasteiger partial charge is 0.490 e. The highest BCUT2D eigenvalue weighted by atomic mass is 33.1. The Morgan fingerprint density at radius 2 is 1.67 bits per heavy atom. The van der Waals surface area contributed by atoms with Gasteiger partial charge in [0.2, 0.25) is 11.8 Å². The second-order valence-electron chi connectivity index (χ2n) is 9.88. The molecule has 0 aromatic heterocycles. The molecule has 13 heteroatoms. The number of anilines is 1. The van der Waals surface area contributed by atoms with E-state index in [1.165, 1.54) is 10.8 Å². The normalized spacial score (nSPS) is 12.3. The molecule has 1 rings (SSSR count). The topological polar surface area (TPSA) is 126 Å². The Morgan fingerprint density at radius 1 is 0.930 bits per heavy atom. The van der Waals surface area contributed by atoms with E-state index in [-0.39, 0.29) is 50.3 Å². The molecule has 3 N–H and O–H groups in total. The number of carbonyl (C=O) groups is 2. The van der Waals surface area contributed by atoms with Crippen molar-refractivity contribution in [2.45, 2.75) is 45.6 Å². The molecule has 11 nitrogen and oxygen atoms in total. The molecule has 0 aliphatic carbocycles. The van der Waals surface area contributed by atoms with Gasteiger partial charge in [-0.2, -0.15) is 0 Å². The van der Waals surface area contributed by atoms with E-state index in [0.29, 0.717) is 63.0 Å². The number of carbonyl (C=O) groups excluding carboxylic acids is 2. The molecule has 0 saturated carbocycles. The number of nitrogens with one attached hydrogen (secondary N) is 3. The van der Waals surface area contributed by atoms with Gasteiger partial charge in [0.05, 0.1) is 46.1 Å². The van der Waals surface area contributed by atoms with Gasteiger partial charge >= 0.3 is 0 Å². The Labute approximate surface area is 265 Å². The average molecular weight is 646 g/mol. The number of amides is 2. The first-order valence-corrected chi connectivity index (χ1v) is 17.2. The summed E-state index contributed by atoms with van der Waals surface area (Å²) >= 11 is 0. The van der Waals surface area contributed by atoms with Crippen molar-refractivity contribution in [3.63, 3.8) is 0 Å². The third kappa shape index (κ3) is 24.2. The quantitative estimate of drug-likeness (QED) is 0.0554. The van der Waals surface area contributed by atoms with Gasteiger partial charge in [0.1, 0.15) is 31.2 Å². The van der Waals surface area contributed by atoms with Crippen molar-refractivity contribution in [3.05, 3.63) is 36.4 Å². The van der Waals surface area contributed by atoms with Crippen LogP contribution in [0.2, 0.25) is 0 Å². The Kier molecular flexibility index (Phi) is 24.2. The van der Waals surface area contributed by atoms with Gasteiger partial charge < -0.3 is 44.4 Å². The molecule has 0 aliphatic rings. The standard InChI is InChI=1S/C30H51N3O8S2/c1-24(2)8-7-12-32-29(35)21-38-18-19-39-23-41-30(43-42-5)22-40-27-10-6-9-26(20-27)33-28(34)11-14-36-16-17-37-15-13-31-25(3)4/h6-10,20,24-25,30-31H,11-19,21-23H2,1-5H3,(H,32,35)(H,33,34)/b8-7+. The minimum Gasteiger partial charge on any atom is -0.490 e. The molecule has 0 saturated heterocycles. The molecule has 1 unspecified atom stereocenters. The first-order chi connectivity index (χ1) is 20.8. The van der Waals surface area contributed by atoms with E-state index >= 15 is 0 Å². The van der Waals surface area contributed by atoms with Gasteiger partial charge in [0.15, 0.2) is 0 Å². The summed E-state index contributed by atoms with van der Waals surface area (Å²) < 4.78 is 33.4. The maximum Gasteiger partial charge on any atom is 0.246 e. The fraction of sp³-hybridized carbons (Fsp3) is 0.667. The van der Waals surface area contributed by atoms with Crippen molar-refractivity contribution in [1.29, 1.82) is 0 Å². The number of ether oxygens (including phenoxy) is 6. The zero-order chi connectivity index (χ0) is 31.5. The van der Waals surface area contributed by atoms with Crippen LogP contribution < -0.4 is 20.7 Å². The highest BCUT2D eigenvalue weighted by Gasteiger charge is 2.12. The van der Waals surface area contributed by atoms with Crippen LogP contribution in [0.1, 0.15) is 34.1 Å². The zero-order valence-corrected chi connectivity index (χ0v) is 27.9. The van der Waals surface area contributed by atoms with E-state index in [2.05, 4.69) is 43.6 Å². The Morgan fingerprint density at radius 3 is 2.42 bits per heavy atom. The summed E-state index contributed by atoms with van der Waals surface area (Å²) in [5.74, 6) is 0.756. The molecule has 0 radical (unpaired) electrons. The van der Waals surface area contributed by atoms with E-state index in [1.54, 1.807) is 22.9 Å². The molecule has 2 amide bonds. The van der Waals surface area contributed by atoms with Crippen molar-refractivity contribution in [3.8, 4) is 5.75 Å². The fourth-order valence-corrected chi connectivity index (χ4v) is 4.63. The summed E-state index contributed by atoms with van der Waals surface area (Å²) in [6, 6.07) is 7.65. The number of hydrogen-bond donors (Lipinski definition) is 3. The molecule has 1 aromatic rings. The van der Waals surface area contributed by atoms with Gasteiger partial charge in [-0.05, 0) is 24.3 Å². The monoisotopic (exact) mass is 645 g/mol. The van der Waals surface area contributed by atoms with Crippen LogP contribution in [0.4, 0.5) is 5.69 Å². The molecular weight excluding hydrogens is 594 g/mol. The predicted octanol–water partition coefficient (Wildman–Crippen LogP) is 4.10. The van der Waals surface area contributed by atoms with Gasteiger partial charge in [0.25, 0.3) is 0 Å². The van der Waals surface area contributed by atoms with E-state index in [4.69, 9.17) is 28.4 Å². The SMILES string of the molecule is CSSC(COc1cccc(NC(=O)CCOCCOCCNC(C)C)c1)OCOCCOCC(=O)NC/C=C/C(C)C. The first kappa shape index (κ1) is 39.2. The lowest BCUT2D eigenvalue weighted by molar-refractivity contribution is -0.127. The minimum atomic E-state index is -0.272. The van der Waals surface area contributed by atoms with E-state index in [1.807, 2.05) is 30.5 Å². The van der Waals surface area contributed by atoms with Crippen LogP contribution in [-0.4, -0.2) is 102 Å². The van der Waals surface area contributed by atoms with Crippen LogP contribution in [0.3, 0.4) is 0 Å². The van der Waals surface area contributed by atoms with Gasteiger partial charge in [-0.25, -0.2) is 0 Å². The lowest BCUT2D eigenvalue weighted by atomic mass is 10.2. The van der Waals surface area contributed by atoms with E-state index < -0.39 is 0 Å². The van der Waals surface area contributed by atoms with Crippen LogP contribution in [0.15, 0.2) is 36.4 Å². The summed E-state index contributed by atoms with van der Waals surface area (Å²) in [5.41, 5.74) is 0.369. The minimum absolute atomic E-state index is 0.0156. The third-order valence-corrected chi connectivity index (χ3v) is 7.13. The van der Waals surface area contributed by atoms with Gasteiger partial charge in [-0.3, -0.25) is 9.59 Å². The van der Waals surface area contributed by atoms with Crippen molar-refractivity contribution in [2.24, 2.45) is 5.92 Å². The van der Waals surface area contributed by atoms with Gasteiger partial charge in [-0.15, -0.1) is 0 Å². The molecule has 1 aromatic carbocycles. The third-order valence-electron chi connectivity index (χ3n) is 5.23. The highest BCUT2D eigenvalue weighted by Crippen LogP contribution is 2.26. The maximum atomic E-state index is 12.3. The molecule has 0 bridgehead atoms. The molecule has 0 aliphatic heterocycles. The molecule has 0 spiro atoms. The molecule has 43 heavy (non-hydrogen) atoms. The summed E-state index contributed by atoms with van der Waals surface area (Å²) in [6.07, 6.45) is 6.16. The van der Waals surface area contributed by atoms with E-state index in [0.717, 1.165) is 6.54 Å². The van der Waals surface area contributed by atoms with Gasteiger partial charge in [-0.1, -0.05) is 67.5 Å². The van der Waals surface area contributed by atoms with Crippen LogP contribution >= 0.6 is 21.6 Å². The van der Waals surface area contributed by atoms with Crippen molar-refractivity contribution in [1.82, 2.24) is 10.6 Å². The van der Waals surface area contributed by atoms with Crippen LogP contribution in [0.25, 0.3) is 0 Å². The Bertz CT molecular complexity index is 893. The average Bonchev–Trinajstić information content (AvgIpc) is 2.96.